The lowest BCUT2D eigenvalue weighted by Crippen LogP contribution is -2.15. The predicted molar refractivity (Wildman–Crippen MR) is 71.7 cm³/mol. The largest absolute Gasteiger partial charge is 0.496 e. The molecule has 0 fully saturated rings. The van der Waals surface area contributed by atoms with E-state index in [9.17, 15) is 0 Å². The normalized spacial score (nSPS) is 11.3. The fourth-order valence-corrected chi connectivity index (χ4v) is 2.43. The molecule has 1 aromatic carbocycles. The third-order valence-electron chi connectivity index (χ3n) is 2.35. The number of benzene rings is 1. The lowest BCUT2D eigenvalue weighted by Gasteiger charge is -2.08. The Balaban J connectivity index is 2.39. The van der Waals surface area contributed by atoms with Gasteiger partial charge in [-0.05, 0) is 18.2 Å². The van der Waals surface area contributed by atoms with Crippen LogP contribution in [0.5, 0.6) is 5.75 Å². The van der Waals surface area contributed by atoms with E-state index in [-0.39, 0.29) is 5.84 Å². The summed E-state index contributed by atoms with van der Waals surface area (Å²) in [5, 5.41) is 20.1. The van der Waals surface area contributed by atoms with Gasteiger partial charge in [0.15, 0.2) is 5.84 Å². The van der Waals surface area contributed by atoms with Crippen LogP contribution in [0.3, 0.4) is 0 Å². The summed E-state index contributed by atoms with van der Waals surface area (Å²) < 4.78 is 5.26. The van der Waals surface area contributed by atoms with E-state index in [2.05, 4.69) is 15.4 Å². The lowest BCUT2D eigenvalue weighted by molar-refractivity contribution is 0.318. The Morgan fingerprint density at radius 3 is 2.89 bits per heavy atom. The van der Waals surface area contributed by atoms with Gasteiger partial charge in [0.2, 0.25) is 0 Å². The maximum atomic E-state index is 8.76. The van der Waals surface area contributed by atoms with E-state index >= 15 is 0 Å². The van der Waals surface area contributed by atoms with Gasteiger partial charge in [-0.2, -0.15) is 5.10 Å². The van der Waals surface area contributed by atoms with Gasteiger partial charge in [-0.15, -0.1) is 5.10 Å². The van der Waals surface area contributed by atoms with E-state index < -0.39 is 0 Å². The highest BCUT2D eigenvalue weighted by Crippen LogP contribution is 2.34. The Hall–Kier alpha value is -2.28. The molecule has 0 aliphatic rings. The number of nitrogens with two attached hydrogens (primary N) is 1. The van der Waals surface area contributed by atoms with Crippen molar-refractivity contribution in [1.29, 1.82) is 0 Å². The molecule has 6 nitrogen and oxygen atoms in total. The molecule has 3 N–H and O–H groups in total. The zero-order valence-corrected chi connectivity index (χ0v) is 11.0. The van der Waals surface area contributed by atoms with E-state index in [4.69, 9.17) is 15.7 Å². The van der Waals surface area contributed by atoms with Gasteiger partial charge >= 0.3 is 0 Å². The third-order valence-corrected chi connectivity index (χ3v) is 3.40. The first-order valence-electron chi connectivity index (χ1n) is 5.36. The molecule has 1 aromatic heterocycles. The molecular formula is C12H12N4O2S. The van der Waals surface area contributed by atoms with Crippen LogP contribution in [0.25, 0.3) is 0 Å². The van der Waals surface area contributed by atoms with Crippen LogP contribution in [0.2, 0.25) is 0 Å². The van der Waals surface area contributed by atoms with Gasteiger partial charge in [0.1, 0.15) is 10.8 Å². The first kappa shape index (κ1) is 13.2. The molecule has 0 atom stereocenters. The molecule has 98 valence electrons. The van der Waals surface area contributed by atoms with Gasteiger partial charge in [0, 0.05) is 0 Å². The summed E-state index contributed by atoms with van der Waals surface area (Å²) in [5.41, 5.74) is 6.13. The van der Waals surface area contributed by atoms with Crippen LogP contribution < -0.4 is 10.5 Å². The number of oxime groups is 1. The maximum Gasteiger partial charge on any atom is 0.172 e. The molecule has 2 rings (SSSR count). The van der Waals surface area contributed by atoms with E-state index in [0.29, 0.717) is 10.6 Å². The second-order valence-corrected chi connectivity index (χ2v) is 4.52. The zero-order chi connectivity index (χ0) is 13.7. The molecular weight excluding hydrogens is 264 g/mol. The van der Waals surface area contributed by atoms with Crippen LogP contribution >= 0.6 is 11.8 Å². The Morgan fingerprint density at radius 1 is 1.37 bits per heavy atom. The molecule has 1 heterocycles. The van der Waals surface area contributed by atoms with Crippen molar-refractivity contribution in [2.75, 3.05) is 7.11 Å². The quantitative estimate of drug-likeness (QED) is 0.382. The molecule has 7 heteroatoms. The van der Waals surface area contributed by atoms with Gasteiger partial charge in [-0.3, -0.25) is 0 Å². The molecule has 0 spiro atoms. The van der Waals surface area contributed by atoms with Crippen molar-refractivity contribution < 1.29 is 9.94 Å². The summed E-state index contributed by atoms with van der Waals surface area (Å²) in [4.78, 5) is 0.873. The van der Waals surface area contributed by atoms with Crippen LogP contribution in [0.1, 0.15) is 5.56 Å². The summed E-state index contributed by atoms with van der Waals surface area (Å²) in [7, 11) is 1.60. The summed E-state index contributed by atoms with van der Waals surface area (Å²) in [6, 6.07) is 9.16. The van der Waals surface area contributed by atoms with E-state index in [1.54, 1.807) is 13.2 Å². The Kier molecular flexibility index (Phi) is 4.19. The first-order chi connectivity index (χ1) is 9.26. The molecule has 0 aliphatic carbocycles. The van der Waals surface area contributed by atoms with Gasteiger partial charge < -0.3 is 15.7 Å². The van der Waals surface area contributed by atoms with Crippen molar-refractivity contribution in [3.05, 3.63) is 42.1 Å². The van der Waals surface area contributed by atoms with Crippen molar-refractivity contribution in [2.45, 2.75) is 9.92 Å². The number of hydrogen-bond acceptors (Lipinski definition) is 6. The zero-order valence-electron chi connectivity index (χ0n) is 10.1. The first-order valence-corrected chi connectivity index (χ1v) is 6.18. The van der Waals surface area contributed by atoms with Crippen molar-refractivity contribution in [2.24, 2.45) is 10.9 Å². The van der Waals surface area contributed by atoms with Crippen molar-refractivity contribution in [3.63, 3.8) is 0 Å². The fraction of sp³-hybridized carbons (Fsp3) is 0.0833. The molecule has 19 heavy (non-hydrogen) atoms. The van der Waals surface area contributed by atoms with Crippen molar-refractivity contribution in [3.8, 4) is 5.75 Å². The molecule has 0 aliphatic heterocycles. The monoisotopic (exact) mass is 276 g/mol. The third kappa shape index (κ3) is 2.94. The number of ether oxygens (including phenoxy) is 1. The molecule has 0 bridgehead atoms. The SMILES string of the molecule is COc1ccccc1Sc1nnccc1/C(N)=N/O. The number of para-hydroxylation sites is 1. The smallest absolute Gasteiger partial charge is 0.172 e. The standard InChI is InChI=1S/C12H12N4O2S/c1-18-9-4-2-3-5-10(9)19-12-8(11(13)16-17)6-7-14-15-12/h2-7,17H,1H3,(H2,13,16). The van der Waals surface area contributed by atoms with E-state index in [1.165, 1.54) is 18.0 Å². The van der Waals surface area contributed by atoms with Gasteiger partial charge in [0.05, 0.1) is 23.8 Å². The Bertz CT molecular complexity index is 604. The number of methoxy groups -OCH3 is 1. The summed E-state index contributed by atoms with van der Waals surface area (Å²) >= 11 is 1.34. The minimum absolute atomic E-state index is 0.00713. The second-order valence-electron chi connectivity index (χ2n) is 3.49. The molecule has 0 saturated carbocycles. The van der Waals surface area contributed by atoms with Crippen molar-refractivity contribution >= 4 is 17.6 Å². The Labute approximate surface area is 114 Å². The highest BCUT2D eigenvalue weighted by molar-refractivity contribution is 7.99. The van der Waals surface area contributed by atoms with Crippen LogP contribution in [0.15, 0.2) is 51.6 Å². The highest BCUT2D eigenvalue weighted by Gasteiger charge is 2.12. The average molecular weight is 276 g/mol. The molecule has 0 saturated heterocycles. The topological polar surface area (TPSA) is 93.6 Å². The number of nitrogens with zero attached hydrogens (tertiary/aromatic N) is 3. The molecule has 0 unspecified atom stereocenters. The summed E-state index contributed by atoms with van der Waals surface area (Å²) in [5.74, 6) is 0.718. The average Bonchev–Trinajstić information content (AvgIpc) is 2.47. The fourth-order valence-electron chi connectivity index (χ4n) is 1.45. The van der Waals surface area contributed by atoms with Crippen molar-refractivity contribution in [1.82, 2.24) is 10.2 Å². The molecule has 0 radical (unpaired) electrons. The highest BCUT2D eigenvalue weighted by atomic mass is 32.2. The molecule has 2 aromatic rings. The number of hydrogen-bond donors (Lipinski definition) is 2. The minimum atomic E-state index is -0.00713. The predicted octanol–water partition coefficient (Wildman–Crippen LogP) is 1.73. The van der Waals surface area contributed by atoms with Gasteiger partial charge in [0.25, 0.3) is 0 Å². The molecule has 0 amide bonds. The number of amidine groups is 1. The van der Waals surface area contributed by atoms with Crippen LogP contribution in [-0.4, -0.2) is 28.4 Å². The summed E-state index contributed by atoms with van der Waals surface area (Å²) in [6.07, 6.45) is 1.49. The van der Waals surface area contributed by atoms with Crippen LogP contribution in [-0.2, 0) is 0 Å². The lowest BCUT2D eigenvalue weighted by atomic mass is 10.3. The maximum absolute atomic E-state index is 8.76. The van der Waals surface area contributed by atoms with E-state index in [1.807, 2.05) is 24.3 Å². The van der Waals surface area contributed by atoms with Crippen LogP contribution in [0.4, 0.5) is 0 Å². The van der Waals surface area contributed by atoms with Gasteiger partial charge in [-0.25, -0.2) is 0 Å². The van der Waals surface area contributed by atoms with E-state index in [0.717, 1.165) is 10.6 Å². The Morgan fingerprint density at radius 2 is 2.16 bits per heavy atom. The number of rotatable bonds is 4. The second kappa shape index (κ2) is 6.05. The summed E-state index contributed by atoms with van der Waals surface area (Å²) in [6.45, 7) is 0. The minimum Gasteiger partial charge on any atom is -0.496 e. The number of aromatic nitrogens is 2. The van der Waals surface area contributed by atoms with Gasteiger partial charge in [-0.1, -0.05) is 29.1 Å². The van der Waals surface area contributed by atoms with Crippen LogP contribution in [0, 0.1) is 0 Å².